The number of carbonyl (C=O) groups excluding carboxylic acids is 3. The van der Waals surface area contributed by atoms with Gasteiger partial charge in [0.2, 0.25) is 0 Å². The molecule has 2 amide bonds. The molecule has 0 bridgehead atoms. The number of para-hydroxylation sites is 2. The molecule has 19 heteroatoms. The van der Waals surface area contributed by atoms with Gasteiger partial charge in [-0.05, 0) is 145 Å². The fourth-order valence-electron chi connectivity index (χ4n) is 10.3. The van der Waals surface area contributed by atoms with Crippen molar-refractivity contribution >= 4 is 58.3 Å². The predicted molar refractivity (Wildman–Crippen MR) is 280 cm³/mol. The van der Waals surface area contributed by atoms with Gasteiger partial charge < -0.3 is 48.0 Å². The Kier molecular flexibility index (Phi) is 18.6. The molecule has 5 aromatic rings. The van der Waals surface area contributed by atoms with Gasteiger partial charge in [-0.2, -0.15) is 0 Å². The van der Waals surface area contributed by atoms with Crippen LogP contribution >= 0.6 is 12.8 Å². The van der Waals surface area contributed by atoms with Crippen molar-refractivity contribution in [2.24, 2.45) is 0 Å². The Morgan fingerprint density at radius 1 is 0.676 bits per heavy atom. The first-order valence-electron chi connectivity index (χ1n) is 24.8. The molecule has 4 aliphatic rings. The molecule has 5 aromatic carbocycles. The lowest BCUT2D eigenvalue weighted by atomic mass is 9.98. The molecule has 0 aromatic heterocycles. The second kappa shape index (κ2) is 25.6. The summed E-state index contributed by atoms with van der Waals surface area (Å²) >= 11 is 3.81. The molecule has 0 radical (unpaired) electrons. The monoisotopic (exact) mass is 1050 g/mol. The number of nitrogens with one attached hydrogen (secondary N) is 1. The Labute approximate surface area is 438 Å². The number of benzene rings is 5. The lowest BCUT2D eigenvalue weighted by Gasteiger charge is -2.26. The van der Waals surface area contributed by atoms with Crippen molar-refractivity contribution in [3.05, 3.63) is 141 Å². The first kappa shape index (κ1) is 53.8. The number of aryl methyl sites for hydroxylation is 3. The lowest BCUT2D eigenvalue weighted by Crippen LogP contribution is -2.36. The maximum absolute atomic E-state index is 14.2. The Morgan fingerprint density at radius 2 is 1.22 bits per heavy atom. The van der Waals surface area contributed by atoms with Crippen molar-refractivity contribution in [2.75, 3.05) is 75.0 Å². The number of amides is 2. The van der Waals surface area contributed by atoms with Crippen molar-refractivity contribution in [1.82, 2.24) is 4.89 Å². The molecule has 0 aliphatic carbocycles. The highest BCUT2D eigenvalue weighted by Crippen LogP contribution is 2.42. The average molecular weight is 1050 g/mol. The largest absolute Gasteiger partial charge is 0.493 e. The van der Waals surface area contributed by atoms with Crippen LogP contribution in [-0.2, 0) is 73.3 Å². The second-order valence-corrected chi connectivity index (χ2v) is 19.1. The molecule has 0 spiro atoms. The molecule has 17 nitrogen and oxygen atoms in total. The molecule has 74 heavy (non-hydrogen) atoms. The van der Waals surface area contributed by atoms with E-state index in [-0.39, 0.29) is 43.5 Å². The van der Waals surface area contributed by atoms with E-state index in [0.717, 1.165) is 94.7 Å². The summed E-state index contributed by atoms with van der Waals surface area (Å²) in [6.45, 7) is 5.74. The van der Waals surface area contributed by atoms with Gasteiger partial charge in [-0.25, -0.2) is 0 Å². The summed E-state index contributed by atoms with van der Waals surface area (Å²) in [4.78, 5) is 53.9. The highest BCUT2D eigenvalue weighted by atomic mass is 32.2. The standard InChI is InChI=1S/C55H62N4O10S.O3S/c1-36-25-46-39(14-16-43-29-41-9-4-6-11-48(41)58(43)54(46)61)31-50(36)67-34-37-26-38(28-45(27-37)57(18-8-13-53(60)69-56-70)19-20-65-23-24-66-22-21-63-2)35-68-52-32-40-15-17-44-30-42-10-5-7-12-49(42)59(44)55(62)47(40)33-51(52)64-3;1-4(2)3/h4-7,9-12,25-28,31-33,43-44,56,70H,8,13-24,29-30,34-35H2,1-3H3;/t43-,44-;/m1./s1. The van der Waals surface area contributed by atoms with Crippen LogP contribution in [0, 0.1) is 6.92 Å². The summed E-state index contributed by atoms with van der Waals surface area (Å²) in [5, 5.41) is 0. The fourth-order valence-corrected chi connectivity index (χ4v) is 10.5. The van der Waals surface area contributed by atoms with E-state index in [1.54, 1.807) is 14.2 Å². The molecule has 2 atom stereocenters. The van der Waals surface area contributed by atoms with Crippen LogP contribution in [0.5, 0.6) is 17.2 Å². The number of ether oxygens (including phenoxy) is 6. The van der Waals surface area contributed by atoms with Crippen LogP contribution in [0.4, 0.5) is 17.1 Å². The topological polar surface area (TPSA) is 189 Å². The van der Waals surface area contributed by atoms with E-state index in [1.807, 2.05) is 77.4 Å². The van der Waals surface area contributed by atoms with Crippen molar-refractivity contribution < 1.29 is 60.3 Å². The van der Waals surface area contributed by atoms with Gasteiger partial charge in [0, 0.05) is 66.9 Å². The van der Waals surface area contributed by atoms with E-state index in [2.05, 4.69) is 52.9 Å². The molecule has 0 saturated heterocycles. The number of methoxy groups -OCH3 is 2. The minimum absolute atomic E-state index is 0.0232. The number of hydrogen-bond donors (Lipinski definition) is 2. The quantitative estimate of drug-likeness (QED) is 0.0398. The zero-order chi connectivity index (χ0) is 52.1. The summed E-state index contributed by atoms with van der Waals surface area (Å²) in [5.74, 6) is 1.35. The van der Waals surface area contributed by atoms with Crippen molar-refractivity contribution in [1.29, 1.82) is 0 Å². The summed E-state index contributed by atoms with van der Waals surface area (Å²) in [5.41, 5.74) is 11.2. The van der Waals surface area contributed by atoms with Crippen LogP contribution in [0.25, 0.3) is 0 Å². The smallest absolute Gasteiger partial charge is 0.425 e. The van der Waals surface area contributed by atoms with Crippen molar-refractivity contribution in [3.8, 4) is 17.2 Å². The van der Waals surface area contributed by atoms with E-state index in [9.17, 15) is 14.4 Å². The van der Waals surface area contributed by atoms with Gasteiger partial charge >= 0.3 is 16.6 Å². The second-order valence-electron chi connectivity index (χ2n) is 18.5. The third kappa shape index (κ3) is 13.1. The predicted octanol–water partition coefficient (Wildman–Crippen LogP) is 7.35. The van der Waals surface area contributed by atoms with Gasteiger partial charge in [0.1, 0.15) is 19.0 Å². The van der Waals surface area contributed by atoms with Crippen LogP contribution in [0.1, 0.15) is 85.3 Å². The fraction of sp³-hybridized carbons (Fsp3) is 0.400. The third-order valence-corrected chi connectivity index (χ3v) is 13.9. The molecule has 4 heterocycles. The zero-order valence-electron chi connectivity index (χ0n) is 41.8. The molecule has 1 N–H and O–H groups in total. The van der Waals surface area contributed by atoms with Gasteiger partial charge in [0.05, 0.1) is 40.1 Å². The van der Waals surface area contributed by atoms with Crippen LogP contribution in [0.2, 0.25) is 0 Å². The van der Waals surface area contributed by atoms with Crippen molar-refractivity contribution in [2.45, 2.75) is 83.6 Å². The summed E-state index contributed by atoms with van der Waals surface area (Å²) in [6, 6.07) is 30.7. The molecule has 392 valence electrons. The van der Waals surface area contributed by atoms with Gasteiger partial charge in [-0.15, -0.1) is 12.6 Å². The maximum atomic E-state index is 14.2. The Hall–Kier alpha value is -6.48. The number of fused-ring (bicyclic) bond motifs is 8. The van der Waals surface area contributed by atoms with Crippen LogP contribution < -0.4 is 33.8 Å². The average Bonchev–Trinajstić information content (AvgIpc) is 3.89. The SMILES string of the molecule is COCCOCCOCCN(CCCC(=O)ONS)c1cc(COc2cc3c(cc2C)C(=O)N2c4ccccc4C[C@H]2CC3)cc(COc2cc3c(cc2OC)C(=O)N2c4ccccc4C[C@H]2CC3)c1.O=S(=O)=O. The number of hydrogen-bond acceptors (Lipinski definition) is 16. The number of thiol groups is 1. The zero-order valence-corrected chi connectivity index (χ0v) is 43.6. The van der Waals surface area contributed by atoms with Crippen molar-refractivity contribution in [3.63, 3.8) is 0 Å². The Morgan fingerprint density at radius 3 is 1.80 bits per heavy atom. The van der Waals surface area contributed by atoms with Gasteiger partial charge in [-0.1, -0.05) is 54.1 Å². The normalized spacial score (nSPS) is 16.0. The summed E-state index contributed by atoms with van der Waals surface area (Å²) in [6.07, 6.45) is 5.57. The Balaban J connectivity index is 0.00000176. The number of anilines is 3. The van der Waals surface area contributed by atoms with E-state index in [1.165, 1.54) is 11.1 Å². The van der Waals surface area contributed by atoms with E-state index in [0.29, 0.717) is 69.6 Å². The van der Waals surface area contributed by atoms with Crippen LogP contribution in [0.3, 0.4) is 0 Å². The number of nitrogens with zero attached hydrogens (tertiary/aromatic N) is 3. The number of carbonyl (C=O) groups is 3. The maximum Gasteiger partial charge on any atom is 0.425 e. The lowest BCUT2D eigenvalue weighted by molar-refractivity contribution is -0.146. The molecule has 4 aliphatic heterocycles. The van der Waals surface area contributed by atoms with Gasteiger partial charge in [0.15, 0.2) is 11.5 Å². The third-order valence-electron chi connectivity index (χ3n) is 13.8. The van der Waals surface area contributed by atoms with E-state index in [4.69, 9.17) is 45.9 Å². The highest BCUT2D eigenvalue weighted by Gasteiger charge is 2.39. The minimum Gasteiger partial charge on any atom is -0.493 e. The first-order chi connectivity index (χ1) is 36.0. The van der Waals surface area contributed by atoms with Gasteiger partial charge in [0.25, 0.3) is 11.8 Å². The molecule has 0 saturated carbocycles. The van der Waals surface area contributed by atoms with Crippen LogP contribution in [-0.4, -0.2) is 103 Å². The molecular weight excluding hydrogens is 989 g/mol. The van der Waals surface area contributed by atoms with E-state index < -0.39 is 16.6 Å². The van der Waals surface area contributed by atoms with Gasteiger partial charge in [-0.3, -0.25) is 14.4 Å². The van der Waals surface area contributed by atoms with E-state index >= 15 is 0 Å². The molecule has 9 rings (SSSR count). The molecule has 0 unspecified atom stereocenters. The number of rotatable bonds is 22. The highest BCUT2D eigenvalue weighted by molar-refractivity contribution is 7.77. The molecular formula is C55H62N4O13S2. The summed E-state index contributed by atoms with van der Waals surface area (Å²) in [7, 11) is 0.120. The van der Waals surface area contributed by atoms with Crippen LogP contribution in [0.15, 0.2) is 91.0 Å². The Bertz CT molecular complexity index is 2930. The minimum atomic E-state index is -3.11. The summed E-state index contributed by atoms with van der Waals surface area (Å²) < 4.78 is 61.2. The molecule has 0 fully saturated rings. The first-order valence-corrected chi connectivity index (χ1v) is 26.2.